The van der Waals surface area contributed by atoms with Gasteiger partial charge in [0.2, 0.25) is 0 Å². The first kappa shape index (κ1) is 11.5. The van der Waals surface area contributed by atoms with E-state index in [4.69, 9.17) is 14.6 Å². The third kappa shape index (κ3) is 3.59. The summed E-state index contributed by atoms with van der Waals surface area (Å²) in [5, 5.41) is 8.60. The fourth-order valence-corrected chi connectivity index (χ4v) is 1.01. The lowest BCUT2D eigenvalue weighted by Crippen LogP contribution is -2.19. The van der Waals surface area contributed by atoms with Crippen molar-refractivity contribution in [2.24, 2.45) is 0 Å². The van der Waals surface area contributed by atoms with E-state index >= 15 is 0 Å². The van der Waals surface area contributed by atoms with E-state index < -0.39 is 12.1 Å². The summed E-state index contributed by atoms with van der Waals surface area (Å²) in [6, 6.07) is 7.30. The van der Waals surface area contributed by atoms with Crippen molar-refractivity contribution in [1.82, 2.24) is 0 Å². The van der Waals surface area contributed by atoms with E-state index in [9.17, 15) is 4.79 Å². The molecule has 0 saturated carbocycles. The Bertz CT molecular complexity index is 318. The Labute approximate surface area is 88.4 Å². The summed E-state index contributed by atoms with van der Waals surface area (Å²) < 4.78 is 10.1. The van der Waals surface area contributed by atoms with Crippen LogP contribution in [0.25, 0.3) is 0 Å². The lowest BCUT2D eigenvalue weighted by Gasteiger charge is -2.08. The summed E-state index contributed by atoms with van der Waals surface area (Å²) in [5.74, 6) is -0.187. The Hall–Kier alpha value is -1.55. The average Bonchev–Trinajstić information content (AvgIpc) is 2.26. The number of hydrogen-bond donors (Lipinski definition) is 1. The summed E-state index contributed by atoms with van der Waals surface area (Å²) in [4.78, 5) is 10.5. The maximum Gasteiger partial charge on any atom is 0.332 e. The van der Waals surface area contributed by atoms with Gasteiger partial charge in [0.15, 0.2) is 6.10 Å². The van der Waals surface area contributed by atoms with Gasteiger partial charge >= 0.3 is 5.97 Å². The third-order valence-electron chi connectivity index (χ3n) is 2.01. The Morgan fingerprint density at radius 3 is 2.47 bits per heavy atom. The second kappa shape index (κ2) is 5.36. The molecule has 1 aromatic rings. The Balaban J connectivity index is 2.47. The van der Waals surface area contributed by atoms with Gasteiger partial charge in [-0.2, -0.15) is 0 Å². The van der Waals surface area contributed by atoms with Crippen molar-refractivity contribution in [3.63, 3.8) is 0 Å². The predicted molar refractivity (Wildman–Crippen MR) is 54.9 cm³/mol. The van der Waals surface area contributed by atoms with E-state index in [0.717, 1.165) is 11.3 Å². The van der Waals surface area contributed by atoms with Gasteiger partial charge in [-0.25, -0.2) is 4.79 Å². The zero-order valence-corrected chi connectivity index (χ0v) is 8.77. The van der Waals surface area contributed by atoms with E-state index in [0.29, 0.717) is 0 Å². The van der Waals surface area contributed by atoms with Crippen molar-refractivity contribution < 1.29 is 19.4 Å². The fraction of sp³-hybridized carbons (Fsp3) is 0.364. The van der Waals surface area contributed by atoms with Crippen molar-refractivity contribution in [1.29, 1.82) is 0 Å². The Morgan fingerprint density at radius 2 is 2.00 bits per heavy atom. The third-order valence-corrected chi connectivity index (χ3v) is 2.01. The summed E-state index contributed by atoms with van der Waals surface area (Å²) in [6.07, 6.45) is -0.785. The number of ether oxygens (including phenoxy) is 2. The molecule has 0 bridgehead atoms. The molecule has 0 radical (unpaired) electrons. The standard InChI is InChI=1S/C11H14O4/c1-8(11(12)13)15-7-9-3-5-10(14-2)6-4-9/h3-6,8H,7H2,1-2H3,(H,12,13)/t8-/m0/s1. The normalized spacial score (nSPS) is 12.1. The lowest BCUT2D eigenvalue weighted by molar-refractivity contribution is -0.149. The zero-order valence-electron chi connectivity index (χ0n) is 8.77. The molecule has 82 valence electrons. The van der Waals surface area contributed by atoms with Crippen LogP contribution in [0.1, 0.15) is 12.5 Å². The molecular formula is C11H14O4. The van der Waals surface area contributed by atoms with Crippen LogP contribution in [0.15, 0.2) is 24.3 Å². The van der Waals surface area contributed by atoms with Crippen LogP contribution in [0.2, 0.25) is 0 Å². The summed E-state index contributed by atoms with van der Waals surface area (Å²) in [5.41, 5.74) is 0.920. The number of carbonyl (C=O) groups is 1. The number of benzene rings is 1. The van der Waals surface area contributed by atoms with Gasteiger partial charge in [0.1, 0.15) is 5.75 Å². The molecule has 0 heterocycles. The molecule has 1 rings (SSSR count). The van der Waals surface area contributed by atoms with Crippen LogP contribution in [0, 0.1) is 0 Å². The summed E-state index contributed by atoms with van der Waals surface area (Å²) >= 11 is 0. The first-order valence-electron chi connectivity index (χ1n) is 4.61. The number of aliphatic carboxylic acids is 1. The van der Waals surface area contributed by atoms with Crippen LogP contribution in [-0.4, -0.2) is 24.3 Å². The van der Waals surface area contributed by atoms with Crippen molar-refractivity contribution in [3.8, 4) is 5.75 Å². The topological polar surface area (TPSA) is 55.8 Å². The highest BCUT2D eigenvalue weighted by Crippen LogP contribution is 2.12. The van der Waals surface area contributed by atoms with Gasteiger partial charge in [-0.1, -0.05) is 12.1 Å². The largest absolute Gasteiger partial charge is 0.497 e. The van der Waals surface area contributed by atoms with Gasteiger partial charge in [-0.3, -0.25) is 0 Å². The maximum absolute atomic E-state index is 10.5. The van der Waals surface area contributed by atoms with Crippen LogP contribution >= 0.6 is 0 Å². The molecule has 0 aliphatic heterocycles. The maximum atomic E-state index is 10.5. The van der Waals surface area contributed by atoms with Crippen LogP contribution < -0.4 is 4.74 Å². The molecule has 4 heteroatoms. The van der Waals surface area contributed by atoms with E-state index in [1.807, 2.05) is 24.3 Å². The monoisotopic (exact) mass is 210 g/mol. The molecule has 4 nitrogen and oxygen atoms in total. The first-order chi connectivity index (χ1) is 7.13. The molecule has 15 heavy (non-hydrogen) atoms. The Kier molecular flexibility index (Phi) is 4.12. The van der Waals surface area contributed by atoms with Gasteiger partial charge in [0.25, 0.3) is 0 Å². The quantitative estimate of drug-likeness (QED) is 0.803. The molecular weight excluding hydrogens is 196 g/mol. The highest BCUT2D eigenvalue weighted by atomic mass is 16.5. The minimum absolute atomic E-state index is 0.289. The summed E-state index contributed by atoms with van der Waals surface area (Å²) in [6.45, 7) is 1.79. The van der Waals surface area contributed by atoms with Gasteiger partial charge in [-0.15, -0.1) is 0 Å². The second-order valence-electron chi connectivity index (χ2n) is 3.14. The molecule has 1 N–H and O–H groups in total. The van der Waals surface area contributed by atoms with E-state index in [1.165, 1.54) is 6.92 Å². The molecule has 0 amide bonds. The van der Waals surface area contributed by atoms with Crippen LogP contribution in [0.5, 0.6) is 5.75 Å². The molecule has 0 aliphatic carbocycles. The predicted octanol–water partition coefficient (Wildman–Crippen LogP) is 1.68. The summed E-state index contributed by atoms with van der Waals surface area (Å²) in [7, 11) is 1.60. The van der Waals surface area contributed by atoms with Gasteiger partial charge in [0, 0.05) is 0 Å². The molecule has 0 spiro atoms. The number of carboxylic acids is 1. The molecule has 1 aromatic carbocycles. The number of carboxylic acid groups (broad SMARTS) is 1. The second-order valence-corrected chi connectivity index (χ2v) is 3.14. The SMILES string of the molecule is COc1ccc(CO[C@@H](C)C(=O)O)cc1. The molecule has 1 atom stereocenters. The molecule has 0 fully saturated rings. The van der Waals surface area contributed by atoms with Crippen molar-refractivity contribution in [3.05, 3.63) is 29.8 Å². The van der Waals surface area contributed by atoms with Gasteiger partial charge in [0.05, 0.1) is 13.7 Å². The van der Waals surface area contributed by atoms with Gasteiger partial charge < -0.3 is 14.6 Å². The minimum Gasteiger partial charge on any atom is -0.497 e. The van der Waals surface area contributed by atoms with Crippen LogP contribution in [0.4, 0.5) is 0 Å². The number of hydrogen-bond acceptors (Lipinski definition) is 3. The highest BCUT2D eigenvalue weighted by molar-refractivity contribution is 5.71. The zero-order chi connectivity index (χ0) is 11.3. The smallest absolute Gasteiger partial charge is 0.332 e. The van der Waals surface area contributed by atoms with Crippen LogP contribution in [-0.2, 0) is 16.1 Å². The van der Waals surface area contributed by atoms with E-state index in [-0.39, 0.29) is 6.61 Å². The minimum atomic E-state index is -0.955. The highest BCUT2D eigenvalue weighted by Gasteiger charge is 2.10. The molecule has 0 unspecified atom stereocenters. The van der Waals surface area contributed by atoms with Crippen molar-refractivity contribution in [2.45, 2.75) is 19.6 Å². The van der Waals surface area contributed by atoms with E-state index in [2.05, 4.69) is 0 Å². The molecule has 0 saturated heterocycles. The number of methoxy groups -OCH3 is 1. The van der Waals surface area contributed by atoms with Crippen molar-refractivity contribution >= 4 is 5.97 Å². The van der Waals surface area contributed by atoms with E-state index in [1.54, 1.807) is 7.11 Å². The van der Waals surface area contributed by atoms with Crippen molar-refractivity contribution in [2.75, 3.05) is 7.11 Å². The first-order valence-corrected chi connectivity index (χ1v) is 4.61. The molecule has 0 aromatic heterocycles. The molecule has 0 aliphatic rings. The lowest BCUT2D eigenvalue weighted by atomic mass is 10.2. The van der Waals surface area contributed by atoms with Crippen LogP contribution in [0.3, 0.4) is 0 Å². The van der Waals surface area contributed by atoms with Gasteiger partial charge in [-0.05, 0) is 24.6 Å². The fourth-order valence-electron chi connectivity index (χ4n) is 1.01. The Morgan fingerprint density at radius 1 is 1.40 bits per heavy atom. The number of rotatable bonds is 5. The average molecular weight is 210 g/mol.